The van der Waals surface area contributed by atoms with Crippen LogP contribution >= 0.6 is 0 Å². The van der Waals surface area contributed by atoms with E-state index in [4.69, 9.17) is 10.2 Å². The Morgan fingerprint density at radius 1 is 0.590 bits per heavy atom. The van der Waals surface area contributed by atoms with Gasteiger partial charge in [-0.3, -0.25) is 12.2 Å². The molecule has 0 bridgehead atoms. The monoisotopic (exact) mass is 548 g/mol. The maximum absolute atomic E-state index is 10.8. The number of fused-ring (bicyclic) bond motifs is 2. The minimum Gasteiger partial charge on any atom is -0.478 e. The fourth-order valence-electron chi connectivity index (χ4n) is 4.34. The van der Waals surface area contributed by atoms with E-state index in [0.717, 1.165) is 47.2 Å². The molecule has 0 unspecified atom stereocenters. The van der Waals surface area contributed by atoms with Crippen LogP contribution in [0.4, 0.5) is 0 Å². The molecule has 39 heavy (non-hydrogen) atoms. The van der Waals surface area contributed by atoms with Gasteiger partial charge in [0.25, 0.3) is 0 Å². The van der Waals surface area contributed by atoms with Gasteiger partial charge >= 0.3 is 33.7 Å². The van der Waals surface area contributed by atoms with Gasteiger partial charge in [-0.15, -0.1) is 12.8 Å². The van der Waals surface area contributed by atoms with Crippen LogP contribution in [0.2, 0.25) is 0 Å². The number of carbonyl (C=O) groups is 2. The molecule has 0 spiro atoms. The van der Waals surface area contributed by atoms with Gasteiger partial charge in [-0.1, -0.05) is 85.6 Å². The van der Waals surface area contributed by atoms with Crippen LogP contribution in [0.1, 0.15) is 46.4 Å². The van der Waals surface area contributed by atoms with Crippen molar-refractivity contribution in [3.63, 3.8) is 0 Å². The van der Waals surface area contributed by atoms with E-state index in [1.807, 2.05) is 60.7 Å². The minimum atomic E-state index is -0.878. The molecule has 2 aliphatic rings. The van der Waals surface area contributed by atoms with Crippen LogP contribution in [0.5, 0.6) is 0 Å². The van der Waals surface area contributed by atoms with Crippen molar-refractivity contribution in [2.75, 3.05) is 0 Å². The summed E-state index contributed by atoms with van der Waals surface area (Å²) < 4.78 is 0. The average molecular weight is 548 g/mol. The Labute approximate surface area is 243 Å². The van der Waals surface area contributed by atoms with Gasteiger partial charge in [0.2, 0.25) is 0 Å². The summed E-state index contributed by atoms with van der Waals surface area (Å²) in [6, 6.07) is 25.5. The van der Waals surface area contributed by atoms with E-state index in [-0.39, 0.29) is 21.7 Å². The number of benzene rings is 4. The molecule has 2 aliphatic carbocycles. The van der Waals surface area contributed by atoms with Crippen molar-refractivity contribution >= 4 is 33.5 Å². The second-order valence-electron chi connectivity index (χ2n) is 8.78. The SMILES string of the molecule is O=C(O)c1cccc2ccccc12.O=C(O)c1cccc2ccccc12.[C-]1=C(CCC2=[C-]CC=C2)C=CC1.[Ti+2]. The number of hydrogen-bond donors (Lipinski definition) is 2. The van der Waals surface area contributed by atoms with Crippen molar-refractivity contribution in [1.29, 1.82) is 0 Å². The van der Waals surface area contributed by atoms with E-state index in [0.29, 0.717) is 11.1 Å². The minimum absolute atomic E-state index is 0. The molecule has 0 aliphatic heterocycles. The van der Waals surface area contributed by atoms with Crippen molar-refractivity contribution in [2.24, 2.45) is 0 Å². The summed E-state index contributed by atoms with van der Waals surface area (Å²) >= 11 is 0. The van der Waals surface area contributed by atoms with Gasteiger partial charge in [0.15, 0.2) is 0 Å². The Kier molecular flexibility index (Phi) is 11.2. The molecule has 5 heteroatoms. The van der Waals surface area contributed by atoms with E-state index >= 15 is 0 Å². The van der Waals surface area contributed by atoms with Gasteiger partial charge in [0.05, 0.1) is 11.1 Å². The van der Waals surface area contributed by atoms with Crippen LogP contribution in [0.3, 0.4) is 0 Å². The molecule has 4 nitrogen and oxygen atoms in total. The first-order chi connectivity index (χ1) is 18.5. The second kappa shape index (κ2) is 14.8. The number of carboxylic acid groups (broad SMARTS) is 2. The molecule has 0 heterocycles. The van der Waals surface area contributed by atoms with Crippen LogP contribution in [0, 0.1) is 12.2 Å². The third-order valence-electron chi connectivity index (χ3n) is 6.24. The van der Waals surface area contributed by atoms with Crippen molar-refractivity contribution in [2.45, 2.75) is 25.7 Å². The van der Waals surface area contributed by atoms with Crippen molar-refractivity contribution in [1.82, 2.24) is 0 Å². The molecule has 6 rings (SSSR count). The standard InChI is InChI=1S/C12H12.2C11H8O2.Ti/c1-2-6-11(5-1)9-10-12-7-3-4-8-12;2*12-11(13)10-7-3-5-8-4-1-2-6-9(8)10;/h1,3,5,7H,2,4,9-10H2;2*1-7H,(H,12,13);/q-2;;;+2. The largest absolute Gasteiger partial charge is 2.00 e. The summed E-state index contributed by atoms with van der Waals surface area (Å²) in [5.74, 6) is -1.76. The Bertz CT molecular complexity index is 1450. The molecule has 0 saturated heterocycles. The summed E-state index contributed by atoms with van der Waals surface area (Å²) in [5.41, 5.74) is 3.45. The summed E-state index contributed by atoms with van der Waals surface area (Å²) in [6.07, 6.45) is 19.6. The quantitative estimate of drug-likeness (QED) is 0.195. The van der Waals surface area contributed by atoms with Gasteiger partial charge in [-0.2, -0.15) is 12.2 Å². The fraction of sp³-hybridized carbons (Fsp3) is 0.118. The Morgan fingerprint density at radius 3 is 1.33 bits per heavy atom. The van der Waals surface area contributed by atoms with Crippen LogP contribution < -0.4 is 0 Å². The van der Waals surface area contributed by atoms with E-state index in [2.05, 4.69) is 36.5 Å². The van der Waals surface area contributed by atoms with E-state index in [9.17, 15) is 9.59 Å². The predicted molar refractivity (Wildman–Crippen MR) is 152 cm³/mol. The van der Waals surface area contributed by atoms with Crippen LogP contribution in [0.15, 0.2) is 120 Å². The molecule has 0 fully saturated rings. The number of rotatable bonds is 5. The van der Waals surface area contributed by atoms with Gasteiger partial charge in [0.1, 0.15) is 0 Å². The summed E-state index contributed by atoms with van der Waals surface area (Å²) in [7, 11) is 0. The molecule has 192 valence electrons. The Balaban J connectivity index is 0.000000160. The van der Waals surface area contributed by atoms with Gasteiger partial charge < -0.3 is 10.2 Å². The smallest absolute Gasteiger partial charge is 0.478 e. The van der Waals surface area contributed by atoms with E-state index in [1.165, 1.54) is 11.1 Å². The van der Waals surface area contributed by atoms with Crippen LogP contribution in [-0.2, 0) is 21.7 Å². The molecular formula is C34H28O4Ti. The average Bonchev–Trinajstić information content (AvgIpc) is 3.66. The molecule has 0 amide bonds. The van der Waals surface area contributed by atoms with Crippen molar-refractivity contribution in [3.8, 4) is 0 Å². The fourth-order valence-corrected chi connectivity index (χ4v) is 4.34. The third-order valence-corrected chi connectivity index (χ3v) is 6.24. The number of carboxylic acids is 2. The molecule has 0 radical (unpaired) electrons. The predicted octanol–water partition coefficient (Wildman–Crippen LogP) is 8.22. The van der Waals surface area contributed by atoms with E-state index < -0.39 is 11.9 Å². The van der Waals surface area contributed by atoms with Crippen molar-refractivity contribution in [3.05, 3.63) is 144 Å². The van der Waals surface area contributed by atoms with Crippen molar-refractivity contribution < 1.29 is 41.5 Å². The number of hydrogen-bond acceptors (Lipinski definition) is 2. The number of allylic oxidation sites excluding steroid dienone is 8. The maximum Gasteiger partial charge on any atom is 2.00 e. The zero-order valence-electron chi connectivity index (χ0n) is 21.4. The molecule has 4 aromatic carbocycles. The van der Waals surface area contributed by atoms with Crippen LogP contribution in [-0.4, -0.2) is 22.2 Å². The first-order valence-corrected chi connectivity index (χ1v) is 12.5. The summed E-state index contributed by atoms with van der Waals surface area (Å²) in [4.78, 5) is 21.6. The second-order valence-corrected chi connectivity index (χ2v) is 8.78. The van der Waals surface area contributed by atoms with Gasteiger partial charge in [-0.05, 0) is 33.7 Å². The Morgan fingerprint density at radius 2 is 0.974 bits per heavy atom. The third kappa shape index (κ3) is 8.25. The topological polar surface area (TPSA) is 74.6 Å². The Hall–Kier alpha value is -3.99. The molecule has 0 atom stereocenters. The van der Waals surface area contributed by atoms with E-state index in [1.54, 1.807) is 24.3 Å². The summed E-state index contributed by atoms with van der Waals surface area (Å²) in [5, 5.41) is 21.3. The maximum atomic E-state index is 10.8. The first kappa shape index (κ1) is 29.6. The summed E-state index contributed by atoms with van der Waals surface area (Å²) in [6.45, 7) is 0. The first-order valence-electron chi connectivity index (χ1n) is 12.5. The van der Waals surface area contributed by atoms with Gasteiger partial charge in [0, 0.05) is 0 Å². The van der Waals surface area contributed by atoms with Gasteiger partial charge in [-0.25, -0.2) is 32.9 Å². The molecule has 4 aromatic rings. The normalized spacial score (nSPS) is 12.9. The molecule has 0 aromatic heterocycles. The van der Waals surface area contributed by atoms with Crippen LogP contribution in [0.25, 0.3) is 21.5 Å². The molecular weight excluding hydrogens is 520 g/mol. The zero-order valence-corrected chi connectivity index (χ0v) is 23.0. The molecule has 2 N–H and O–H groups in total. The zero-order chi connectivity index (χ0) is 26.7. The number of aromatic carboxylic acids is 2. The molecule has 0 saturated carbocycles.